The highest BCUT2D eigenvalue weighted by Gasteiger charge is 2.27. The van der Waals surface area contributed by atoms with Gasteiger partial charge in [0.15, 0.2) is 5.82 Å². The number of hydrogen-bond donors (Lipinski definition) is 1. The van der Waals surface area contributed by atoms with Crippen molar-refractivity contribution in [3.05, 3.63) is 46.8 Å². The molecule has 0 unspecified atom stereocenters. The van der Waals surface area contributed by atoms with E-state index in [0.29, 0.717) is 16.8 Å². The largest absolute Gasteiger partial charge is 0.341 e. The molecule has 1 aromatic carbocycles. The second-order valence-corrected chi connectivity index (χ2v) is 9.88. The van der Waals surface area contributed by atoms with Gasteiger partial charge < -0.3 is 4.90 Å². The van der Waals surface area contributed by atoms with Gasteiger partial charge in [0.2, 0.25) is 11.1 Å². The van der Waals surface area contributed by atoms with E-state index in [1.165, 1.54) is 16.5 Å². The topological polar surface area (TPSA) is 74.8 Å². The predicted octanol–water partition coefficient (Wildman–Crippen LogP) is 4.64. The van der Waals surface area contributed by atoms with Gasteiger partial charge >= 0.3 is 0 Å². The van der Waals surface area contributed by atoms with E-state index in [2.05, 4.69) is 27.3 Å². The van der Waals surface area contributed by atoms with Crippen molar-refractivity contribution in [2.75, 3.05) is 18.8 Å². The third-order valence-electron chi connectivity index (χ3n) is 4.98. The number of amides is 1. The van der Waals surface area contributed by atoms with Gasteiger partial charge in [-0.05, 0) is 36.4 Å². The molecule has 29 heavy (non-hydrogen) atoms. The van der Waals surface area contributed by atoms with Crippen molar-refractivity contribution in [3.8, 4) is 10.7 Å². The molecule has 0 aliphatic carbocycles. The van der Waals surface area contributed by atoms with Crippen LogP contribution in [0.15, 0.2) is 46.9 Å². The molecule has 6 nitrogen and oxygen atoms in total. The Morgan fingerprint density at radius 3 is 3.03 bits per heavy atom. The number of piperidine rings is 1. The second kappa shape index (κ2) is 8.25. The number of aromatic nitrogens is 4. The van der Waals surface area contributed by atoms with Crippen LogP contribution in [0.1, 0.15) is 23.8 Å². The first-order valence-corrected chi connectivity index (χ1v) is 12.2. The van der Waals surface area contributed by atoms with Gasteiger partial charge in [-0.1, -0.05) is 30.0 Å². The number of aromatic amines is 1. The normalized spacial score (nSPS) is 17.1. The number of para-hydroxylation sites is 1. The average molecular weight is 442 g/mol. The molecule has 0 saturated carbocycles. The number of benzene rings is 1. The third kappa shape index (κ3) is 4.08. The summed E-state index contributed by atoms with van der Waals surface area (Å²) in [5, 5.41) is 10.9. The lowest BCUT2D eigenvalue weighted by atomic mass is 9.99. The quantitative estimate of drug-likeness (QED) is 0.457. The SMILES string of the molecule is O=C(CSc1n[nH]c(-c2cccs2)n1)N1CCC[C@H](c2nc3ccccc3s2)C1. The summed E-state index contributed by atoms with van der Waals surface area (Å²) in [6.45, 7) is 1.56. The molecule has 5 rings (SSSR count). The number of likely N-dealkylation sites (tertiary alicyclic amines) is 1. The highest BCUT2D eigenvalue weighted by molar-refractivity contribution is 7.99. The first-order valence-electron chi connectivity index (χ1n) is 9.48. The van der Waals surface area contributed by atoms with E-state index in [-0.39, 0.29) is 5.91 Å². The number of H-pyrrole nitrogens is 1. The smallest absolute Gasteiger partial charge is 0.233 e. The second-order valence-electron chi connectivity index (χ2n) is 6.93. The van der Waals surface area contributed by atoms with E-state index in [0.717, 1.165) is 47.2 Å². The maximum Gasteiger partial charge on any atom is 0.233 e. The standard InChI is InChI=1S/C20H19N5OS3/c26-17(12-28-20-22-18(23-24-20)16-8-4-10-27-16)25-9-3-5-13(11-25)19-21-14-6-1-2-7-15(14)29-19/h1-2,4,6-8,10,13H,3,5,9,11-12H2,(H,22,23,24)/t13-/m0/s1. The molecule has 4 heterocycles. The van der Waals surface area contributed by atoms with Gasteiger partial charge in [-0.15, -0.1) is 27.8 Å². The molecule has 1 aliphatic rings. The summed E-state index contributed by atoms with van der Waals surface area (Å²) in [7, 11) is 0. The molecule has 0 radical (unpaired) electrons. The van der Waals surface area contributed by atoms with Gasteiger partial charge in [0.05, 0.1) is 25.9 Å². The number of thiophene rings is 1. The van der Waals surface area contributed by atoms with Crippen molar-refractivity contribution in [1.29, 1.82) is 0 Å². The van der Waals surface area contributed by atoms with Crippen molar-refractivity contribution in [3.63, 3.8) is 0 Å². The Balaban J connectivity index is 1.21. The maximum absolute atomic E-state index is 12.8. The fraction of sp³-hybridized carbons (Fsp3) is 0.300. The minimum atomic E-state index is 0.142. The van der Waals surface area contributed by atoms with Crippen molar-refractivity contribution in [2.45, 2.75) is 23.9 Å². The number of carbonyl (C=O) groups is 1. The van der Waals surface area contributed by atoms with Crippen molar-refractivity contribution < 1.29 is 4.79 Å². The molecule has 0 bridgehead atoms. The molecule has 1 atom stereocenters. The molecular formula is C20H19N5OS3. The number of hydrogen-bond acceptors (Lipinski definition) is 7. The lowest BCUT2D eigenvalue weighted by Gasteiger charge is -2.31. The highest BCUT2D eigenvalue weighted by atomic mass is 32.2. The Kier molecular flexibility index (Phi) is 5.34. The average Bonchev–Trinajstić information content (AvgIpc) is 3.52. The molecule has 1 aliphatic heterocycles. The predicted molar refractivity (Wildman–Crippen MR) is 119 cm³/mol. The van der Waals surface area contributed by atoms with Crippen LogP contribution >= 0.6 is 34.4 Å². The maximum atomic E-state index is 12.8. The number of fused-ring (bicyclic) bond motifs is 1. The van der Waals surface area contributed by atoms with Crippen LogP contribution in [0.4, 0.5) is 0 Å². The van der Waals surface area contributed by atoms with E-state index in [1.54, 1.807) is 22.7 Å². The van der Waals surface area contributed by atoms with E-state index >= 15 is 0 Å². The first-order chi connectivity index (χ1) is 14.3. The monoisotopic (exact) mass is 441 g/mol. The Hall–Kier alpha value is -2.23. The molecule has 148 valence electrons. The summed E-state index contributed by atoms with van der Waals surface area (Å²) in [4.78, 5) is 25.1. The minimum Gasteiger partial charge on any atom is -0.341 e. The van der Waals surface area contributed by atoms with E-state index in [9.17, 15) is 4.79 Å². The summed E-state index contributed by atoms with van der Waals surface area (Å²) in [6, 6.07) is 12.2. The number of nitrogens with one attached hydrogen (secondary N) is 1. The van der Waals surface area contributed by atoms with Gasteiger partial charge in [-0.2, -0.15) is 0 Å². The van der Waals surface area contributed by atoms with Crippen LogP contribution in [-0.2, 0) is 4.79 Å². The Labute approximate surface area is 180 Å². The van der Waals surface area contributed by atoms with Gasteiger partial charge in [-0.3, -0.25) is 9.89 Å². The van der Waals surface area contributed by atoms with E-state index in [1.807, 2.05) is 34.5 Å². The lowest BCUT2D eigenvalue weighted by Crippen LogP contribution is -2.40. The van der Waals surface area contributed by atoms with Crippen molar-refractivity contribution >= 4 is 50.6 Å². The van der Waals surface area contributed by atoms with Crippen LogP contribution in [0.5, 0.6) is 0 Å². The van der Waals surface area contributed by atoms with E-state index in [4.69, 9.17) is 4.98 Å². The Morgan fingerprint density at radius 1 is 1.24 bits per heavy atom. The fourth-order valence-electron chi connectivity index (χ4n) is 3.52. The van der Waals surface area contributed by atoms with Crippen LogP contribution in [0.3, 0.4) is 0 Å². The molecule has 4 aromatic rings. The highest BCUT2D eigenvalue weighted by Crippen LogP contribution is 2.33. The number of thioether (sulfide) groups is 1. The van der Waals surface area contributed by atoms with E-state index < -0.39 is 0 Å². The number of carbonyl (C=O) groups excluding carboxylic acids is 1. The van der Waals surface area contributed by atoms with Crippen LogP contribution in [-0.4, -0.2) is 49.8 Å². The summed E-state index contributed by atoms with van der Waals surface area (Å²) in [6.07, 6.45) is 2.10. The molecule has 3 aromatic heterocycles. The van der Waals surface area contributed by atoms with Crippen LogP contribution in [0, 0.1) is 0 Å². The lowest BCUT2D eigenvalue weighted by molar-refractivity contribution is -0.129. The summed E-state index contributed by atoms with van der Waals surface area (Å²) in [5.41, 5.74) is 1.05. The summed E-state index contributed by atoms with van der Waals surface area (Å²) in [5.74, 6) is 1.57. The minimum absolute atomic E-state index is 0.142. The fourth-order valence-corrected chi connectivity index (χ4v) is 5.98. The van der Waals surface area contributed by atoms with Gasteiger partial charge in [0.1, 0.15) is 0 Å². The summed E-state index contributed by atoms with van der Waals surface area (Å²) < 4.78 is 1.22. The van der Waals surface area contributed by atoms with Crippen molar-refractivity contribution in [1.82, 2.24) is 25.1 Å². The molecular weight excluding hydrogens is 422 g/mol. The zero-order chi connectivity index (χ0) is 19.6. The van der Waals surface area contributed by atoms with Gasteiger partial charge in [0.25, 0.3) is 0 Å². The van der Waals surface area contributed by atoms with Crippen LogP contribution < -0.4 is 0 Å². The third-order valence-corrected chi connectivity index (χ3v) is 7.89. The van der Waals surface area contributed by atoms with Gasteiger partial charge in [-0.25, -0.2) is 9.97 Å². The molecule has 1 N–H and O–H groups in total. The zero-order valence-electron chi connectivity index (χ0n) is 15.6. The summed E-state index contributed by atoms with van der Waals surface area (Å²) >= 11 is 4.75. The Morgan fingerprint density at radius 2 is 2.17 bits per heavy atom. The molecule has 1 fully saturated rings. The molecule has 9 heteroatoms. The molecule has 0 spiro atoms. The molecule has 1 amide bonds. The first kappa shape index (κ1) is 18.8. The number of rotatable bonds is 5. The van der Waals surface area contributed by atoms with Gasteiger partial charge in [0, 0.05) is 19.0 Å². The number of nitrogens with zero attached hydrogens (tertiary/aromatic N) is 4. The van der Waals surface area contributed by atoms with Crippen molar-refractivity contribution in [2.24, 2.45) is 0 Å². The molecule has 1 saturated heterocycles. The Bertz CT molecular complexity index is 1090. The zero-order valence-corrected chi connectivity index (χ0v) is 18.0. The number of thiazole rings is 1. The van der Waals surface area contributed by atoms with Crippen LogP contribution in [0.25, 0.3) is 20.9 Å². The van der Waals surface area contributed by atoms with Crippen LogP contribution in [0.2, 0.25) is 0 Å².